The van der Waals surface area contributed by atoms with Crippen LogP contribution in [0.1, 0.15) is 17.4 Å². The topological polar surface area (TPSA) is 61.4 Å². The van der Waals surface area contributed by atoms with Gasteiger partial charge >= 0.3 is 6.03 Å². The second-order valence-corrected chi connectivity index (χ2v) is 5.87. The average molecular weight is 308 g/mol. The van der Waals surface area contributed by atoms with Crippen molar-refractivity contribution in [1.82, 2.24) is 10.6 Å². The molecule has 0 spiro atoms. The first-order chi connectivity index (χ1) is 9.97. The molecule has 0 aliphatic rings. The smallest absolute Gasteiger partial charge is 0.315 e. The summed E-state index contributed by atoms with van der Waals surface area (Å²) in [5.41, 5.74) is -0.431. The SMILES string of the molecule is CC(O)(CNC(=O)NCc1cccc(F)c1)c1cccs1. The van der Waals surface area contributed by atoms with E-state index in [2.05, 4.69) is 10.6 Å². The fourth-order valence-corrected chi connectivity index (χ4v) is 2.60. The van der Waals surface area contributed by atoms with Gasteiger partial charge in [0.25, 0.3) is 0 Å². The molecule has 2 aromatic rings. The zero-order valence-corrected chi connectivity index (χ0v) is 12.4. The second kappa shape index (κ2) is 6.69. The predicted octanol–water partition coefficient (Wildman–Crippen LogP) is 2.59. The van der Waals surface area contributed by atoms with Crippen molar-refractivity contribution in [3.8, 4) is 0 Å². The Hall–Kier alpha value is -1.92. The zero-order chi connectivity index (χ0) is 15.3. The summed E-state index contributed by atoms with van der Waals surface area (Å²) in [6, 6.07) is 9.28. The van der Waals surface area contributed by atoms with Gasteiger partial charge in [0, 0.05) is 11.4 Å². The maximum atomic E-state index is 13.0. The van der Waals surface area contributed by atoms with Crippen LogP contribution in [0.4, 0.5) is 9.18 Å². The van der Waals surface area contributed by atoms with E-state index in [1.807, 2.05) is 17.5 Å². The van der Waals surface area contributed by atoms with Crippen molar-refractivity contribution in [3.05, 3.63) is 58.0 Å². The zero-order valence-electron chi connectivity index (χ0n) is 11.6. The Balaban J connectivity index is 1.80. The Kier molecular flexibility index (Phi) is 4.93. The quantitative estimate of drug-likeness (QED) is 0.795. The number of aliphatic hydroxyl groups is 1. The van der Waals surface area contributed by atoms with Crippen LogP contribution in [-0.4, -0.2) is 17.7 Å². The molecule has 112 valence electrons. The second-order valence-electron chi connectivity index (χ2n) is 4.92. The van der Waals surface area contributed by atoms with E-state index in [0.717, 1.165) is 4.88 Å². The van der Waals surface area contributed by atoms with Gasteiger partial charge in [0.1, 0.15) is 11.4 Å². The fourth-order valence-electron chi connectivity index (χ4n) is 1.82. The molecule has 1 aromatic heterocycles. The number of thiophene rings is 1. The van der Waals surface area contributed by atoms with Crippen LogP contribution >= 0.6 is 11.3 Å². The van der Waals surface area contributed by atoms with Crippen LogP contribution in [0.5, 0.6) is 0 Å². The van der Waals surface area contributed by atoms with Crippen molar-refractivity contribution < 1.29 is 14.3 Å². The van der Waals surface area contributed by atoms with Crippen molar-refractivity contribution in [3.63, 3.8) is 0 Å². The van der Waals surface area contributed by atoms with Crippen molar-refractivity contribution in [2.45, 2.75) is 19.1 Å². The lowest BCUT2D eigenvalue weighted by Crippen LogP contribution is -2.42. The molecule has 0 bridgehead atoms. The monoisotopic (exact) mass is 308 g/mol. The van der Waals surface area contributed by atoms with Crippen LogP contribution < -0.4 is 10.6 Å². The van der Waals surface area contributed by atoms with Crippen molar-refractivity contribution in [2.24, 2.45) is 0 Å². The molecular weight excluding hydrogens is 291 g/mol. The van der Waals surface area contributed by atoms with Gasteiger partial charge in [0.2, 0.25) is 0 Å². The van der Waals surface area contributed by atoms with E-state index in [9.17, 15) is 14.3 Å². The molecule has 6 heteroatoms. The highest BCUT2D eigenvalue weighted by molar-refractivity contribution is 7.10. The standard InChI is InChI=1S/C15H17FN2O2S/c1-15(20,13-6-3-7-21-13)10-18-14(19)17-9-11-4-2-5-12(16)8-11/h2-8,20H,9-10H2,1H3,(H2,17,18,19). The number of hydrogen-bond acceptors (Lipinski definition) is 3. The van der Waals surface area contributed by atoms with Gasteiger partial charge in [0.15, 0.2) is 0 Å². The van der Waals surface area contributed by atoms with Gasteiger partial charge in [-0.05, 0) is 36.1 Å². The summed E-state index contributed by atoms with van der Waals surface area (Å²) >= 11 is 1.43. The Morgan fingerprint density at radius 3 is 2.81 bits per heavy atom. The molecule has 4 nitrogen and oxygen atoms in total. The minimum atomic E-state index is -1.11. The first-order valence-corrected chi connectivity index (χ1v) is 7.38. The third-order valence-corrected chi connectivity index (χ3v) is 4.11. The molecule has 1 unspecified atom stereocenters. The Morgan fingerprint density at radius 1 is 1.33 bits per heavy atom. The molecule has 21 heavy (non-hydrogen) atoms. The highest BCUT2D eigenvalue weighted by Crippen LogP contribution is 2.24. The number of carbonyl (C=O) groups excluding carboxylic acids is 1. The first kappa shape index (κ1) is 15.5. The summed E-state index contributed by atoms with van der Waals surface area (Å²) in [6.45, 7) is 1.97. The van der Waals surface area contributed by atoms with Gasteiger partial charge in [-0.2, -0.15) is 0 Å². The van der Waals surface area contributed by atoms with Gasteiger partial charge in [-0.3, -0.25) is 0 Å². The van der Waals surface area contributed by atoms with Crippen molar-refractivity contribution >= 4 is 17.4 Å². The van der Waals surface area contributed by atoms with Gasteiger partial charge in [-0.15, -0.1) is 11.3 Å². The first-order valence-electron chi connectivity index (χ1n) is 6.50. The molecule has 0 saturated heterocycles. The molecule has 1 atom stereocenters. The van der Waals surface area contributed by atoms with E-state index in [-0.39, 0.29) is 18.9 Å². The number of carbonyl (C=O) groups is 1. The molecule has 2 rings (SSSR count). The highest BCUT2D eigenvalue weighted by atomic mass is 32.1. The summed E-state index contributed by atoms with van der Waals surface area (Å²) in [6.07, 6.45) is 0. The van der Waals surface area contributed by atoms with Gasteiger partial charge < -0.3 is 15.7 Å². The third-order valence-electron chi connectivity index (χ3n) is 2.99. The summed E-state index contributed by atoms with van der Waals surface area (Å²) in [4.78, 5) is 12.5. The number of rotatable bonds is 5. The molecule has 1 heterocycles. The molecule has 0 aliphatic heterocycles. The molecule has 3 N–H and O–H groups in total. The fraction of sp³-hybridized carbons (Fsp3) is 0.267. The van der Waals surface area contributed by atoms with Gasteiger partial charge in [-0.25, -0.2) is 9.18 Å². The van der Waals surface area contributed by atoms with E-state index in [1.165, 1.54) is 23.5 Å². The number of halogens is 1. The summed E-state index contributed by atoms with van der Waals surface area (Å²) in [5, 5.41) is 17.4. The van der Waals surface area contributed by atoms with E-state index in [0.29, 0.717) is 5.56 Å². The Morgan fingerprint density at radius 2 is 2.14 bits per heavy atom. The van der Waals surface area contributed by atoms with Crippen LogP contribution in [0, 0.1) is 5.82 Å². The number of urea groups is 1. The highest BCUT2D eigenvalue weighted by Gasteiger charge is 2.24. The molecule has 0 fully saturated rings. The lowest BCUT2D eigenvalue weighted by molar-refractivity contribution is 0.0631. The maximum Gasteiger partial charge on any atom is 0.315 e. The number of hydrogen-bond donors (Lipinski definition) is 3. The van der Waals surface area contributed by atoms with Gasteiger partial charge in [-0.1, -0.05) is 18.2 Å². The van der Waals surface area contributed by atoms with E-state index in [4.69, 9.17) is 0 Å². The summed E-state index contributed by atoms with van der Waals surface area (Å²) in [5.74, 6) is -0.338. The summed E-state index contributed by atoms with van der Waals surface area (Å²) < 4.78 is 13.0. The maximum absolute atomic E-state index is 13.0. The van der Waals surface area contributed by atoms with Crippen LogP contribution in [0.3, 0.4) is 0 Å². The molecule has 1 aromatic carbocycles. The lowest BCUT2D eigenvalue weighted by Gasteiger charge is -2.22. The van der Waals surface area contributed by atoms with Crippen molar-refractivity contribution in [2.75, 3.05) is 6.54 Å². The minimum absolute atomic E-state index is 0.0997. The third kappa shape index (κ3) is 4.54. The molecule has 2 amide bonds. The largest absolute Gasteiger partial charge is 0.383 e. The van der Waals surface area contributed by atoms with Crippen LogP contribution in [0.15, 0.2) is 41.8 Å². The van der Waals surface area contributed by atoms with Crippen molar-refractivity contribution in [1.29, 1.82) is 0 Å². The van der Waals surface area contributed by atoms with E-state index < -0.39 is 11.6 Å². The lowest BCUT2D eigenvalue weighted by atomic mass is 10.1. The Labute approximate surface area is 126 Å². The molecule has 0 saturated carbocycles. The Bertz CT molecular complexity index is 599. The van der Waals surface area contributed by atoms with Crippen LogP contribution in [-0.2, 0) is 12.1 Å². The molecule has 0 radical (unpaired) electrons. The molecular formula is C15H17FN2O2S. The normalized spacial score (nSPS) is 13.5. The van der Waals surface area contributed by atoms with Crippen LogP contribution in [0.2, 0.25) is 0 Å². The average Bonchev–Trinajstić information content (AvgIpc) is 2.98. The van der Waals surface area contributed by atoms with E-state index >= 15 is 0 Å². The van der Waals surface area contributed by atoms with Gasteiger partial charge in [0.05, 0.1) is 6.54 Å². The number of nitrogens with one attached hydrogen (secondary N) is 2. The number of amides is 2. The summed E-state index contributed by atoms with van der Waals surface area (Å²) in [7, 11) is 0. The number of benzene rings is 1. The molecule has 0 aliphatic carbocycles. The minimum Gasteiger partial charge on any atom is -0.383 e. The van der Waals surface area contributed by atoms with E-state index in [1.54, 1.807) is 19.1 Å². The predicted molar refractivity (Wildman–Crippen MR) is 80.5 cm³/mol. The van der Waals surface area contributed by atoms with Crippen LogP contribution in [0.25, 0.3) is 0 Å².